The first kappa shape index (κ1) is 10.4. The summed E-state index contributed by atoms with van der Waals surface area (Å²) in [7, 11) is 1.20. The molecule has 3 heteroatoms. The highest BCUT2D eigenvalue weighted by Gasteiger charge is 1.98. The molecule has 0 saturated carbocycles. The van der Waals surface area contributed by atoms with Crippen molar-refractivity contribution in [2.45, 2.75) is 19.3 Å². The van der Waals surface area contributed by atoms with E-state index in [4.69, 9.17) is 9.16 Å². The van der Waals surface area contributed by atoms with Gasteiger partial charge in [-0.15, -0.1) is 0 Å². The lowest BCUT2D eigenvalue weighted by molar-refractivity contribution is -0.0372. The number of benzene rings is 1. The number of hydrogen-bond donors (Lipinski definition) is 0. The second-order valence-electron chi connectivity index (χ2n) is 2.91. The summed E-state index contributed by atoms with van der Waals surface area (Å²) in [5.41, 5.74) is 1.36. The Bertz CT molecular complexity index is 226. The molecule has 0 aromatic heterocycles. The molecular weight excluding hydrogens is 180 g/mol. The summed E-state index contributed by atoms with van der Waals surface area (Å²) < 4.78 is 10.5. The first-order chi connectivity index (χ1) is 6.33. The van der Waals surface area contributed by atoms with Crippen molar-refractivity contribution in [3.63, 3.8) is 0 Å². The Hall–Kier alpha value is -0.643. The highest BCUT2D eigenvalue weighted by molar-refractivity contribution is 6.26. The van der Waals surface area contributed by atoms with Gasteiger partial charge in [0.25, 0.3) is 0 Å². The lowest BCUT2D eigenvalue weighted by Gasteiger charge is -2.10. The topological polar surface area (TPSA) is 18.5 Å². The maximum absolute atomic E-state index is 5.51. The van der Waals surface area contributed by atoms with Crippen LogP contribution in [-0.4, -0.2) is 23.2 Å². The zero-order valence-corrected chi connectivity index (χ0v) is 9.61. The van der Waals surface area contributed by atoms with Gasteiger partial charge in [-0.1, -0.05) is 30.3 Å². The zero-order chi connectivity index (χ0) is 9.52. The van der Waals surface area contributed by atoms with E-state index in [0.717, 1.165) is 6.04 Å². The summed E-state index contributed by atoms with van der Waals surface area (Å²) in [6.45, 7) is 1.93. The van der Waals surface area contributed by atoms with Gasteiger partial charge in [-0.2, -0.15) is 0 Å². The summed E-state index contributed by atoms with van der Waals surface area (Å²) in [6.07, 6.45) is -0.0459. The van der Waals surface area contributed by atoms with E-state index >= 15 is 0 Å². The van der Waals surface area contributed by atoms with Gasteiger partial charge in [0.2, 0.25) is 0 Å². The van der Waals surface area contributed by atoms with E-state index < -0.39 is 9.76 Å². The molecule has 72 valence electrons. The second-order valence-corrected chi connectivity index (χ2v) is 4.15. The molecule has 1 rings (SSSR count). The van der Waals surface area contributed by atoms with Crippen LogP contribution < -0.4 is 0 Å². The van der Waals surface area contributed by atoms with Gasteiger partial charge in [-0.3, -0.25) is 0 Å². The van der Waals surface area contributed by atoms with Crippen LogP contribution in [0.5, 0.6) is 0 Å². The first-order valence-electron chi connectivity index (χ1n) is 4.51. The first-order valence-corrected chi connectivity index (χ1v) is 6.09. The van der Waals surface area contributed by atoms with E-state index in [1.54, 1.807) is 7.11 Å². The van der Waals surface area contributed by atoms with E-state index in [1.807, 2.05) is 13.0 Å². The fourth-order valence-electron chi connectivity index (χ4n) is 1.06. The molecule has 0 saturated heterocycles. The Kier molecular flexibility index (Phi) is 4.75. The third-order valence-corrected chi connectivity index (χ3v) is 3.40. The lowest BCUT2D eigenvalue weighted by Crippen LogP contribution is -2.15. The SMILES string of the molecule is COC(C)O[SiH2]Cc1ccccc1. The largest absolute Gasteiger partial charge is 0.400 e. The number of methoxy groups -OCH3 is 1. The van der Waals surface area contributed by atoms with Gasteiger partial charge in [-0.05, 0) is 18.5 Å². The predicted octanol–water partition coefficient (Wildman–Crippen LogP) is 1.28. The molecule has 13 heavy (non-hydrogen) atoms. The molecule has 1 aromatic rings. The van der Waals surface area contributed by atoms with Crippen LogP contribution in [-0.2, 0) is 15.2 Å². The fraction of sp³-hybridized carbons (Fsp3) is 0.400. The zero-order valence-electron chi connectivity index (χ0n) is 8.19. The molecule has 0 aliphatic heterocycles. The quantitative estimate of drug-likeness (QED) is 0.522. The Balaban J connectivity index is 2.20. The molecule has 0 fully saturated rings. The van der Waals surface area contributed by atoms with Crippen molar-refractivity contribution < 1.29 is 9.16 Å². The van der Waals surface area contributed by atoms with Crippen LogP contribution in [0.15, 0.2) is 30.3 Å². The molecule has 0 spiro atoms. The van der Waals surface area contributed by atoms with Crippen LogP contribution in [0.2, 0.25) is 0 Å². The van der Waals surface area contributed by atoms with Crippen LogP contribution in [0.1, 0.15) is 12.5 Å². The van der Waals surface area contributed by atoms with Gasteiger partial charge < -0.3 is 9.16 Å². The second kappa shape index (κ2) is 5.91. The van der Waals surface area contributed by atoms with Crippen molar-refractivity contribution in [1.29, 1.82) is 0 Å². The van der Waals surface area contributed by atoms with Crippen molar-refractivity contribution in [2.75, 3.05) is 7.11 Å². The number of ether oxygens (including phenoxy) is 1. The average molecular weight is 196 g/mol. The van der Waals surface area contributed by atoms with Crippen molar-refractivity contribution >= 4 is 9.76 Å². The summed E-state index contributed by atoms with van der Waals surface area (Å²) in [6, 6.07) is 11.5. The van der Waals surface area contributed by atoms with Gasteiger partial charge in [0, 0.05) is 7.11 Å². The van der Waals surface area contributed by atoms with E-state index in [1.165, 1.54) is 5.56 Å². The van der Waals surface area contributed by atoms with Crippen molar-refractivity contribution in [1.82, 2.24) is 0 Å². The predicted molar refractivity (Wildman–Crippen MR) is 56.2 cm³/mol. The highest BCUT2D eigenvalue weighted by Crippen LogP contribution is 1.99. The highest BCUT2D eigenvalue weighted by atomic mass is 28.2. The van der Waals surface area contributed by atoms with Gasteiger partial charge in [0.15, 0.2) is 9.76 Å². The lowest BCUT2D eigenvalue weighted by atomic mass is 10.2. The molecule has 0 radical (unpaired) electrons. The third kappa shape index (κ3) is 4.22. The number of hydrogen-bond acceptors (Lipinski definition) is 2. The summed E-state index contributed by atoms with van der Waals surface area (Å²) in [5.74, 6) is 0. The fourth-order valence-corrected chi connectivity index (χ4v) is 2.21. The van der Waals surface area contributed by atoms with Gasteiger partial charge in [0.1, 0.15) is 6.29 Å². The van der Waals surface area contributed by atoms with E-state index in [2.05, 4.69) is 24.3 Å². The molecule has 1 atom stereocenters. The summed E-state index contributed by atoms with van der Waals surface area (Å²) >= 11 is 0. The minimum Gasteiger partial charge on any atom is -0.400 e. The van der Waals surface area contributed by atoms with Gasteiger partial charge >= 0.3 is 0 Å². The van der Waals surface area contributed by atoms with Gasteiger partial charge in [0.05, 0.1) is 0 Å². The van der Waals surface area contributed by atoms with Crippen LogP contribution >= 0.6 is 0 Å². The van der Waals surface area contributed by atoms with E-state index in [0.29, 0.717) is 0 Å². The van der Waals surface area contributed by atoms with Crippen molar-refractivity contribution in [3.8, 4) is 0 Å². The Morgan fingerprint density at radius 1 is 1.31 bits per heavy atom. The maximum Gasteiger partial charge on any atom is 0.169 e. The Morgan fingerprint density at radius 2 is 2.00 bits per heavy atom. The summed E-state index contributed by atoms with van der Waals surface area (Å²) in [4.78, 5) is 0. The molecule has 0 heterocycles. The van der Waals surface area contributed by atoms with Crippen molar-refractivity contribution in [3.05, 3.63) is 35.9 Å². The molecular formula is C10H16O2Si. The normalized spacial score (nSPS) is 13.7. The monoisotopic (exact) mass is 196 g/mol. The molecule has 1 unspecified atom stereocenters. The van der Waals surface area contributed by atoms with E-state index in [-0.39, 0.29) is 6.29 Å². The van der Waals surface area contributed by atoms with Crippen LogP contribution in [0, 0.1) is 0 Å². The molecule has 0 aliphatic carbocycles. The smallest absolute Gasteiger partial charge is 0.169 e. The molecule has 0 amide bonds. The molecule has 0 aliphatic rings. The summed E-state index contributed by atoms with van der Waals surface area (Å²) in [5, 5.41) is 0. The standard InChI is InChI=1S/C10H16O2Si/c1-9(11-2)12-13-8-10-6-4-3-5-7-10/h3-7,9H,8,13H2,1-2H3. The third-order valence-electron chi connectivity index (χ3n) is 1.92. The van der Waals surface area contributed by atoms with Crippen LogP contribution in [0.4, 0.5) is 0 Å². The molecule has 1 aromatic carbocycles. The minimum atomic E-state index is -0.470. The van der Waals surface area contributed by atoms with Crippen LogP contribution in [0.25, 0.3) is 0 Å². The minimum absolute atomic E-state index is 0.0459. The van der Waals surface area contributed by atoms with E-state index in [9.17, 15) is 0 Å². The van der Waals surface area contributed by atoms with Crippen molar-refractivity contribution in [2.24, 2.45) is 0 Å². The Morgan fingerprint density at radius 3 is 2.62 bits per heavy atom. The average Bonchev–Trinajstić information content (AvgIpc) is 2.19. The van der Waals surface area contributed by atoms with Crippen LogP contribution in [0.3, 0.4) is 0 Å². The Labute approximate surface area is 81.8 Å². The molecule has 0 N–H and O–H groups in total. The van der Waals surface area contributed by atoms with Gasteiger partial charge in [-0.25, -0.2) is 0 Å². The number of rotatable bonds is 5. The molecule has 0 bridgehead atoms. The molecule has 2 nitrogen and oxygen atoms in total. The maximum atomic E-state index is 5.51.